The van der Waals surface area contributed by atoms with Crippen LogP contribution >= 0.6 is 27.5 Å². The second-order valence-corrected chi connectivity index (χ2v) is 6.93. The Kier molecular flexibility index (Phi) is 6.84. The third-order valence-electron chi connectivity index (χ3n) is 3.40. The number of benzene rings is 2. The van der Waals surface area contributed by atoms with Gasteiger partial charge < -0.3 is 4.74 Å². The monoisotopic (exact) mass is 424 g/mol. The molecule has 0 bridgehead atoms. The molecule has 0 heterocycles. The molecule has 2 amide bonds. The fraction of sp³-hybridized carbons (Fsp3) is 0.222. The smallest absolute Gasteiger partial charge is 0.276 e. The highest BCUT2D eigenvalue weighted by atomic mass is 79.9. The molecule has 0 fully saturated rings. The zero-order chi connectivity index (χ0) is 18.4. The summed E-state index contributed by atoms with van der Waals surface area (Å²) in [6.45, 7) is 3.97. The lowest BCUT2D eigenvalue weighted by atomic mass is 10.0. The second-order valence-electron chi connectivity index (χ2n) is 5.64. The summed E-state index contributed by atoms with van der Waals surface area (Å²) >= 11 is 9.19. The largest absolute Gasteiger partial charge is 0.483 e. The van der Waals surface area contributed by atoms with Gasteiger partial charge in [-0.25, -0.2) is 0 Å². The highest BCUT2D eigenvalue weighted by Gasteiger charge is 2.10. The minimum Gasteiger partial charge on any atom is -0.483 e. The van der Waals surface area contributed by atoms with Gasteiger partial charge in [0.05, 0.1) is 4.47 Å². The topological polar surface area (TPSA) is 67.4 Å². The van der Waals surface area contributed by atoms with Crippen LogP contribution in [-0.4, -0.2) is 18.4 Å². The molecular weight excluding hydrogens is 408 g/mol. The van der Waals surface area contributed by atoms with Crippen molar-refractivity contribution in [3.63, 3.8) is 0 Å². The molecule has 2 aromatic carbocycles. The summed E-state index contributed by atoms with van der Waals surface area (Å²) in [6, 6.07) is 12.0. The highest BCUT2D eigenvalue weighted by molar-refractivity contribution is 9.10. The first-order valence-electron chi connectivity index (χ1n) is 7.64. The van der Waals surface area contributed by atoms with Gasteiger partial charge >= 0.3 is 0 Å². The number of hydrazine groups is 1. The van der Waals surface area contributed by atoms with Crippen molar-refractivity contribution in [2.75, 3.05) is 6.61 Å². The number of hydrogen-bond acceptors (Lipinski definition) is 3. The molecule has 132 valence electrons. The van der Waals surface area contributed by atoms with Crippen molar-refractivity contribution in [1.29, 1.82) is 0 Å². The molecule has 0 aliphatic rings. The molecule has 0 radical (unpaired) electrons. The van der Waals surface area contributed by atoms with E-state index in [-0.39, 0.29) is 6.61 Å². The van der Waals surface area contributed by atoms with Crippen LogP contribution in [0.5, 0.6) is 5.75 Å². The molecule has 0 atom stereocenters. The second kappa shape index (κ2) is 8.87. The molecule has 2 N–H and O–H groups in total. The summed E-state index contributed by atoms with van der Waals surface area (Å²) in [4.78, 5) is 23.7. The maximum Gasteiger partial charge on any atom is 0.276 e. The van der Waals surface area contributed by atoms with Crippen LogP contribution in [0.1, 0.15) is 35.7 Å². The van der Waals surface area contributed by atoms with Gasteiger partial charge in [-0.05, 0) is 63.8 Å². The molecule has 0 saturated carbocycles. The van der Waals surface area contributed by atoms with E-state index in [0.717, 1.165) is 4.47 Å². The summed E-state index contributed by atoms with van der Waals surface area (Å²) < 4.78 is 6.23. The zero-order valence-electron chi connectivity index (χ0n) is 13.8. The first kappa shape index (κ1) is 19.3. The van der Waals surface area contributed by atoms with E-state index >= 15 is 0 Å². The van der Waals surface area contributed by atoms with E-state index in [9.17, 15) is 9.59 Å². The quantitative estimate of drug-likeness (QED) is 0.710. The van der Waals surface area contributed by atoms with Crippen molar-refractivity contribution in [2.45, 2.75) is 19.8 Å². The van der Waals surface area contributed by atoms with Crippen molar-refractivity contribution in [3.8, 4) is 5.75 Å². The van der Waals surface area contributed by atoms with Crippen LogP contribution in [0.3, 0.4) is 0 Å². The third-order valence-corrected chi connectivity index (χ3v) is 4.27. The number of nitrogens with one attached hydrogen (secondary N) is 2. The molecule has 0 aliphatic heterocycles. The van der Waals surface area contributed by atoms with Gasteiger partial charge in [0.2, 0.25) is 0 Å². The van der Waals surface area contributed by atoms with Gasteiger partial charge in [-0.1, -0.05) is 31.5 Å². The number of ether oxygens (including phenoxy) is 1. The van der Waals surface area contributed by atoms with Crippen LogP contribution in [-0.2, 0) is 4.79 Å². The third kappa shape index (κ3) is 5.76. The van der Waals surface area contributed by atoms with Crippen molar-refractivity contribution < 1.29 is 14.3 Å². The molecule has 25 heavy (non-hydrogen) atoms. The van der Waals surface area contributed by atoms with E-state index < -0.39 is 11.8 Å². The Labute approximate surface area is 159 Å². The highest BCUT2D eigenvalue weighted by Crippen LogP contribution is 2.28. The van der Waals surface area contributed by atoms with Crippen molar-refractivity contribution in [1.82, 2.24) is 10.9 Å². The minimum absolute atomic E-state index is 0.222. The molecule has 2 aromatic rings. The Balaban J connectivity index is 1.82. The molecular formula is C18H18BrClN2O3. The van der Waals surface area contributed by atoms with E-state index in [1.54, 1.807) is 30.3 Å². The Morgan fingerprint density at radius 3 is 2.40 bits per heavy atom. The van der Waals surface area contributed by atoms with Crippen LogP contribution in [0, 0.1) is 0 Å². The summed E-state index contributed by atoms with van der Waals surface area (Å²) in [6.07, 6.45) is 0. The Hall–Kier alpha value is -2.05. The molecule has 2 rings (SSSR count). The number of amides is 2. The summed E-state index contributed by atoms with van der Waals surface area (Å²) in [5, 5.41) is 0.531. The van der Waals surface area contributed by atoms with Crippen LogP contribution in [0.2, 0.25) is 5.02 Å². The zero-order valence-corrected chi connectivity index (χ0v) is 16.1. The fourth-order valence-electron chi connectivity index (χ4n) is 1.97. The summed E-state index contributed by atoms with van der Waals surface area (Å²) in [5.41, 5.74) is 6.18. The first-order valence-corrected chi connectivity index (χ1v) is 8.81. The maximum atomic E-state index is 11.9. The lowest BCUT2D eigenvalue weighted by Gasteiger charge is -2.12. The molecule has 0 aliphatic carbocycles. The van der Waals surface area contributed by atoms with E-state index in [4.69, 9.17) is 16.3 Å². The van der Waals surface area contributed by atoms with Gasteiger partial charge in [0.1, 0.15) is 5.75 Å². The SMILES string of the molecule is CC(C)c1ccc(OCC(=O)NNC(=O)c2ccc(Cl)cc2)c(Br)c1. The summed E-state index contributed by atoms with van der Waals surface area (Å²) in [5.74, 6) is 0.0509. The van der Waals surface area contributed by atoms with Crippen molar-refractivity contribution in [3.05, 3.63) is 63.1 Å². The number of hydrogen-bond donors (Lipinski definition) is 2. The Bertz CT molecular complexity index is 763. The fourth-order valence-corrected chi connectivity index (χ4v) is 2.61. The molecule has 0 aromatic heterocycles. The van der Waals surface area contributed by atoms with Crippen LogP contribution < -0.4 is 15.6 Å². The van der Waals surface area contributed by atoms with E-state index in [1.807, 2.05) is 12.1 Å². The maximum absolute atomic E-state index is 11.9. The molecule has 0 spiro atoms. The first-order chi connectivity index (χ1) is 11.9. The van der Waals surface area contributed by atoms with Gasteiger partial charge in [-0.15, -0.1) is 0 Å². The predicted molar refractivity (Wildman–Crippen MR) is 101 cm³/mol. The van der Waals surface area contributed by atoms with Crippen LogP contribution in [0.15, 0.2) is 46.9 Å². The van der Waals surface area contributed by atoms with E-state index in [1.165, 1.54) is 5.56 Å². The Morgan fingerprint density at radius 1 is 1.12 bits per heavy atom. The lowest BCUT2D eigenvalue weighted by molar-refractivity contribution is -0.123. The summed E-state index contributed by atoms with van der Waals surface area (Å²) in [7, 11) is 0. The van der Waals surface area contributed by atoms with Crippen LogP contribution in [0.25, 0.3) is 0 Å². The molecule has 0 unspecified atom stereocenters. The van der Waals surface area contributed by atoms with E-state index in [2.05, 4.69) is 40.6 Å². The standard InChI is InChI=1S/C18H18BrClN2O3/c1-11(2)13-5-8-16(15(19)9-13)25-10-17(23)21-22-18(24)12-3-6-14(20)7-4-12/h3-9,11H,10H2,1-2H3,(H,21,23)(H,22,24). The number of rotatable bonds is 5. The number of halogens is 2. The van der Waals surface area contributed by atoms with Gasteiger partial charge in [-0.3, -0.25) is 20.4 Å². The molecule has 7 heteroatoms. The average molecular weight is 426 g/mol. The Morgan fingerprint density at radius 2 is 1.80 bits per heavy atom. The lowest BCUT2D eigenvalue weighted by Crippen LogP contribution is -2.43. The van der Waals surface area contributed by atoms with Crippen LogP contribution in [0.4, 0.5) is 0 Å². The van der Waals surface area contributed by atoms with Gasteiger partial charge in [0.25, 0.3) is 11.8 Å². The van der Waals surface area contributed by atoms with Gasteiger partial charge in [-0.2, -0.15) is 0 Å². The average Bonchev–Trinajstić information content (AvgIpc) is 2.59. The predicted octanol–water partition coefficient (Wildman–Crippen LogP) is 4.07. The normalized spacial score (nSPS) is 10.4. The number of carbonyl (C=O) groups is 2. The minimum atomic E-state index is -0.470. The van der Waals surface area contributed by atoms with Gasteiger partial charge in [0.15, 0.2) is 6.61 Å². The molecule has 5 nitrogen and oxygen atoms in total. The van der Waals surface area contributed by atoms with Crippen molar-refractivity contribution in [2.24, 2.45) is 0 Å². The molecule has 0 saturated heterocycles. The number of carbonyl (C=O) groups excluding carboxylic acids is 2. The van der Waals surface area contributed by atoms with E-state index in [0.29, 0.717) is 22.3 Å². The van der Waals surface area contributed by atoms with Crippen molar-refractivity contribution >= 4 is 39.3 Å². The van der Waals surface area contributed by atoms with Gasteiger partial charge in [0, 0.05) is 10.6 Å².